The number of carbonyl (C=O) groups excluding carboxylic acids is 4. The maximum atomic E-state index is 12.2. The van der Waals surface area contributed by atoms with Gasteiger partial charge in [-0.15, -0.1) is 0 Å². The third-order valence-corrected chi connectivity index (χ3v) is 5.29. The van der Waals surface area contributed by atoms with E-state index in [2.05, 4.69) is 20.6 Å². The predicted octanol–water partition coefficient (Wildman–Crippen LogP) is 3.84. The third-order valence-electron chi connectivity index (χ3n) is 5.29. The lowest BCUT2D eigenvalue weighted by molar-refractivity contribution is -0.117. The van der Waals surface area contributed by atoms with Crippen LogP contribution in [0.4, 0.5) is 11.4 Å². The zero-order valence-electron chi connectivity index (χ0n) is 19.6. The molecule has 0 saturated carbocycles. The number of carbonyl (C=O) groups is 4. The van der Waals surface area contributed by atoms with Crippen molar-refractivity contribution in [2.24, 2.45) is 0 Å². The molecule has 4 N–H and O–H groups in total. The highest BCUT2D eigenvalue weighted by Gasteiger charge is 2.19. The predicted molar refractivity (Wildman–Crippen MR) is 123 cm³/mol. The van der Waals surface area contributed by atoms with Gasteiger partial charge in [0.25, 0.3) is 0 Å². The number of amides is 2. The number of aromatic nitrogens is 2. The summed E-state index contributed by atoms with van der Waals surface area (Å²) in [6.07, 6.45) is 7.86. The molecule has 0 aliphatic carbocycles. The number of rotatable bonds is 12. The number of H-pyrrole nitrogens is 2. The first-order valence-electron chi connectivity index (χ1n) is 10.9. The summed E-state index contributed by atoms with van der Waals surface area (Å²) in [7, 11) is 2.59. The van der Waals surface area contributed by atoms with Crippen molar-refractivity contribution in [1.29, 1.82) is 0 Å². The average Bonchev–Trinajstić information content (AvgIpc) is 3.33. The van der Waals surface area contributed by atoms with Gasteiger partial charge in [0.05, 0.1) is 25.6 Å². The molecule has 2 rings (SSSR count). The number of methoxy groups -OCH3 is 2. The van der Waals surface area contributed by atoms with Crippen LogP contribution < -0.4 is 10.6 Å². The van der Waals surface area contributed by atoms with Crippen molar-refractivity contribution in [3.63, 3.8) is 0 Å². The van der Waals surface area contributed by atoms with Gasteiger partial charge < -0.3 is 30.1 Å². The van der Waals surface area contributed by atoms with Gasteiger partial charge in [0.15, 0.2) is 0 Å². The summed E-state index contributed by atoms with van der Waals surface area (Å²) in [6.45, 7) is 3.47. The van der Waals surface area contributed by atoms with E-state index in [9.17, 15) is 19.2 Å². The Morgan fingerprint density at radius 1 is 0.697 bits per heavy atom. The summed E-state index contributed by atoms with van der Waals surface area (Å²) in [5, 5.41) is 5.49. The van der Waals surface area contributed by atoms with E-state index in [0.29, 0.717) is 59.6 Å². The summed E-state index contributed by atoms with van der Waals surface area (Å²) >= 11 is 0. The third kappa shape index (κ3) is 7.23. The number of anilines is 2. The van der Waals surface area contributed by atoms with Crippen LogP contribution in [0.3, 0.4) is 0 Å². The van der Waals surface area contributed by atoms with E-state index in [4.69, 9.17) is 9.47 Å². The van der Waals surface area contributed by atoms with Crippen molar-refractivity contribution >= 4 is 35.1 Å². The molecule has 0 bridgehead atoms. The molecule has 33 heavy (non-hydrogen) atoms. The Hall–Kier alpha value is -3.56. The van der Waals surface area contributed by atoms with Gasteiger partial charge in [-0.2, -0.15) is 0 Å². The molecule has 0 atom stereocenters. The fourth-order valence-electron chi connectivity index (χ4n) is 3.51. The summed E-state index contributed by atoms with van der Waals surface area (Å²) in [5.41, 5.74) is 2.77. The number of aromatic amines is 2. The minimum Gasteiger partial charge on any atom is -0.465 e. The Labute approximate surface area is 192 Å². The molecule has 2 aromatic rings. The molecule has 10 heteroatoms. The van der Waals surface area contributed by atoms with Crippen molar-refractivity contribution < 1.29 is 28.7 Å². The first-order chi connectivity index (χ1) is 15.8. The first-order valence-corrected chi connectivity index (χ1v) is 10.9. The molecule has 0 unspecified atom stereocenters. The van der Waals surface area contributed by atoms with Gasteiger partial charge in [0, 0.05) is 36.6 Å². The molecule has 2 aromatic heterocycles. The Bertz CT molecular complexity index is 913. The standard InChI is InChI=1S/C23H32N4O6/c1-14-20(22(30)32-3)16(12-24-14)26-18(28)10-8-6-5-7-9-11-19(29)27-17-13-25-15(2)21(17)23(31)33-4/h12-13,24-25H,5-11H2,1-4H3,(H,26,28)(H,27,29). The molecule has 180 valence electrons. The van der Waals surface area contributed by atoms with Crippen LogP contribution in [0, 0.1) is 13.8 Å². The van der Waals surface area contributed by atoms with Gasteiger partial charge in [-0.1, -0.05) is 19.3 Å². The molecule has 0 saturated heterocycles. The van der Waals surface area contributed by atoms with Crippen molar-refractivity contribution in [1.82, 2.24) is 9.97 Å². The number of unbranched alkanes of at least 4 members (excludes halogenated alkanes) is 4. The second-order valence-electron chi connectivity index (χ2n) is 7.75. The number of aryl methyl sites for hydroxylation is 2. The summed E-state index contributed by atoms with van der Waals surface area (Å²) in [5.74, 6) is -1.33. The minimum atomic E-state index is -0.499. The number of hydrogen-bond donors (Lipinski definition) is 4. The minimum absolute atomic E-state index is 0.165. The molecule has 0 fully saturated rings. The van der Waals surface area contributed by atoms with Crippen molar-refractivity contribution in [2.45, 2.75) is 58.8 Å². The Kier molecular flexibility index (Phi) is 9.71. The zero-order valence-corrected chi connectivity index (χ0v) is 19.6. The molecule has 0 aliphatic rings. The normalized spacial score (nSPS) is 10.5. The van der Waals surface area contributed by atoms with Crippen LogP contribution in [0.1, 0.15) is 77.0 Å². The van der Waals surface area contributed by atoms with Crippen LogP contribution in [0.25, 0.3) is 0 Å². The van der Waals surface area contributed by atoms with E-state index in [0.717, 1.165) is 19.3 Å². The van der Waals surface area contributed by atoms with Crippen LogP contribution in [0.15, 0.2) is 12.4 Å². The topological polar surface area (TPSA) is 142 Å². The smallest absolute Gasteiger partial charge is 0.341 e. The molecular formula is C23H32N4O6. The second-order valence-corrected chi connectivity index (χ2v) is 7.75. The molecule has 0 radical (unpaired) electrons. The monoisotopic (exact) mass is 460 g/mol. The number of hydrogen-bond acceptors (Lipinski definition) is 6. The van der Waals surface area contributed by atoms with E-state index < -0.39 is 11.9 Å². The fraction of sp³-hybridized carbons (Fsp3) is 0.478. The Morgan fingerprint density at radius 2 is 1.06 bits per heavy atom. The van der Waals surface area contributed by atoms with Crippen LogP contribution in [0.5, 0.6) is 0 Å². The van der Waals surface area contributed by atoms with E-state index in [-0.39, 0.29) is 11.8 Å². The lowest BCUT2D eigenvalue weighted by atomic mass is 10.1. The van der Waals surface area contributed by atoms with Crippen LogP contribution in [-0.4, -0.2) is 47.9 Å². The van der Waals surface area contributed by atoms with Crippen LogP contribution in [0.2, 0.25) is 0 Å². The van der Waals surface area contributed by atoms with Gasteiger partial charge in [0.2, 0.25) is 11.8 Å². The van der Waals surface area contributed by atoms with Gasteiger partial charge in [-0.25, -0.2) is 9.59 Å². The summed E-state index contributed by atoms with van der Waals surface area (Å²) < 4.78 is 9.49. The Balaban J connectivity index is 1.63. The highest BCUT2D eigenvalue weighted by Crippen LogP contribution is 2.22. The van der Waals surface area contributed by atoms with E-state index in [1.54, 1.807) is 26.2 Å². The maximum Gasteiger partial charge on any atom is 0.341 e. The summed E-state index contributed by atoms with van der Waals surface area (Å²) in [4.78, 5) is 53.8. The van der Waals surface area contributed by atoms with Crippen molar-refractivity contribution in [3.05, 3.63) is 34.9 Å². The molecule has 0 aliphatic heterocycles. The summed E-state index contributed by atoms with van der Waals surface area (Å²) in [6, 6.07) is 0. The van der Waals surface area contributed by atoms with Gasteiger partial charge in [-0.05, 0) is 26.7 Å². The molecule has 0 spiro atoms. The first kappa shape index (κ1) is 25.7. The fourth-order valence-corrected chi connectivity index (χ4v) is 3.51. The molecule has 2 amide bonds. The maximum absolute atomic E-state index is 12.2. The van der Waals surface area contributed by atoms with Crippen molar-refractivity contribution in [2.75, 3.05) is 24.9 Å². The Morgan fingerprint density at radius 3 is 1.42 bits per heavy atom. The second kappa shape index (κ2) is 12.5. The largest absolute Gasteiger partial charge is 0.465 e. The van der Waals surface area contributed by atoms with Crippen molar-refractivity contribution in [3.8, 4) is 0 Å². The number of nitrogens with one attached hydrogen (secondary N) is 4. The highest BCUT2D eigenvalue weighted by molar-refractivity contribution is 6.03. The highest BCUT2D eigenvalue weighted by atomic mass is 16.5. The SMILES string of the molecule is COC(=O)c1c(NC(=O)CCCCCCCC(=O)Nc2c[nH]c(C)c2C(=O)OC)c[nH]c1C. The van der Waals surface area contributed by atoms with Crippen LogP contribution in [-0.2, 0) is 19.1 Å². The van der Waals surface area contributed by atoms with Gasteiger partial charge in [0.1, 0.15) is 11.1 Å². The van der Waals surface area contributed by atoms with E-state index >= 15 is 0 Å². The molecule has 0 aromatic carbocycles. The quantitative estimate of drug-likeness (QED) is 0.280. The molecule has 10 nitrogen and oxygen atoms in total. The average molecular weight is 461 g/mol. The van der Waals surface area contributed by atoms with Crippen LogP contribution >= 0.6 is 0 Å². The molecule has 2 heterocycles. The molecular weight excluding hydrogens is 428 g/mol. The zero-order chi connectivity index (χ0) is 24.4. The lowest BCUT2D eigenvalue weighted by Gasteiger charge is -2.07. The van der Waals surface area contributed by atoms with Gasteiger partial charge in [-0.3, -0.25) is 9.59 Å². The lowest BCUT2D eigenvalue weighted by Crippen LogP contribution is -2.14. The number of ether oxygens (including phenoxy) is 2. The van der Waals surface area contributed by atoms with E-state index in [1.807, 2.05) is 0 Å². The van der Waals surface area contributed by atoms with Gasteiger partial charge >= 0.3 is 11.9 Å². The van der Waals surface area contributed by atoms with E-state index in [1.165, 1.54) is 14.2 Å². The number of esters is 2.